The molecule has 0 unspecified atom stereocenters. The normalized spacial score (nSPS) is 15.3. The van der Waals surface area contributed by atoms with Gasteiger partial charge in [-0.25, -0.2) is 4.39 Å². The van der Waals surface area contributed by atoms with Crippen LogP contribution in [0.25, 0.3) is 0 Å². The zero-order valence-corrected chi connectivity index (χ0v) is 14.8. The summed E-state index contributed by atoms with van der Waals surface area (Å²) in [7, 11) is 0. The van der Waals surface area contributed by atoms with Gasteiger partial charge in [-0.2, -0.15) is 0 Å². The molecule has 1 aliphatic heterocycles. The first-order valence-corrected chi connectivity index (χ1v) is 8.52. The maximum absolute atomic E-state index is 13.7. The maximum atomic E-state index is 13.7. The Hall–Kier alpha value is -2.49. The van der Waals surface area contributed by atoms with E-state index in [-0.39, 0.29) is 23.6 Å². The number of benzene rings is 2. The van der Waals surface area contributed by atoms with Crippen molar-refractivity contribution >= 4 is 11.5 Å². The molecule has 2 aromatic carbocycles. The fourth-order valence-electron chi connectivity index (χ4n) is 3.26. The molecule has 0 N–H and O–H groups in total. The minimum Gasteiger partial charge on any atom is -0.493 e. The number of ether oxygens (including phenoxy) is 1. The van der Waals surface area contributed by atoms with Crippen LogP contribution in [-0.4, -0.2) is 23.6 Å². The molecular weight excluding hydrogens is 317 g/mol. The van der Waals surface area contributed by atoms with Gasteiger partial charge in [0.1, 0.15) is 11.6 Å². The molecule has 0 atom stereocenters. The minimum atomic E-state index is -0.312. The minimum absolute atomic E-state index is 0.0734. The van der Waals surface area contributed by atoms with Crippen LogP contribution in [0.4, 0.5) is 4.39 Å². The molecule has 0 aliphatic carbocycles. The van der Waals surface area contributed by atoms with Crippen molar-refractivity contribution in [1.29, 1.82) is 0 Å². The topological polar surface area (TPSA) is 38.7 Å². The van der Waals surface area contributed by atoms with Crippen molar-refractivity contribution in [2.45, 2.75) is 39.2 Å². The lowest BCUT2D eigenvalue weighted by Crippen LogP contribution is -2.30. The predicted octanol–water partition coefficient (Wildman–Crippen LogP) is 4.62. The average Bonchev–Trinajstić information content (AvgIpc) is 2.55. The highest BCUT2D eigenvalue weighted by atomic mass is 19.1. The van der Waals surface area contributed by atoms with Gasteiger partial charge in [0.15, 0.2) is 5.78 Å². The smallest absolute Gasteiger partial charge is 0.172 e. The molecule has 0 bridgehead atoms. The Morgan fingerprint density at radius 1 is 1.24 bits per heavy atom. The molecule has 0 spiro atoms. The molecule has 3 rings (SSSR count). The van der Waals surface area contributed by atoms with E-state index >= 15 is 0 Å². The molecule has 2 aromatic rings. The van der Waals surface area contributed by atoms with Gasteiger partial charge in [-0.15, -0.1) is 0 Å². The van der Waals surface area contributed by atoms with Gasteiger partial charge in [0.05, 0.1) is 29.8 Å². The number of aliphatic imine (C=N–C) groups is 1. The average molecular weight is 339 g/mol. The van der Waals surface area contributed by atoms with Gasteiger partial charge in [0.2, 0.25) is 0 Å². The maximum Gasteiger partial charge on any atom is 0.172 e. The van der Waals surface area contributed by atoms with E-state index in [1.807, 2.05) is 32.9 Å². The Kier molecular flexibility index (Phi) is 4.71. The highest BCUT2D eigenvalue weighted by Crippen LogP contribution is 2.30. The van der Waals surface area contributed by atoms with Gasteiger partial charge in [-0.3, -0.25) is 9.79 Å². The molecule has 0 radical (unpaired) electrons. The number of hydrogen-bond donors (Lipinski definition) is 0. The number of carbonyl (C=O) groups excluding carboxylic acids is 1. The summed E-state index contributed by atoms with van der Waals surface area (Å²) in [6, 6.07) is 11.9. The largest absolute Gasteiger partial charge is 0.493 e. The van der Waals surface area contributed by atoms with E-state index in [4.69, 9.17) is 9.73 Å². The first-order chi connectivity index (χ1) is 11.9. The van der Waals surface area contributed by atoms with Crippen LogP contribution in [0.3, 0.4) is 0 Å². The Labute approximate surface area is 147 Å². The van der Waals surface area contributed by atoms with Crippen LogP contribution in [-0.2, 0) is 6.42 Å². The third-order valence-electron chi connectivity index (χ3n) is 4.26. The van der Waals surface area contributed by atoms with Crippen LogP contribution < -0.4 is 4.74 Å². The van der Waals surface area contributed by atoms with Crippen molar-refractivity contribution in [2.24, 2.45) is 4.99 Å². The van der Waals surface area contributed by atoms with E-state index in [1.165, 1.54) is 12.1 Å². The number of carbonyl (C=O) groups is 1. The van der Waals surface area contributed by atoms with Gasteiger partial charge in [-0.05, 0) is 57.0 Å². The lowest BCUT2D eigenvalue weighted by molar-refractivity contribution is 0.0997. The molecule has 0 fully saturated rings. The Balaban J connectivity index is 1.95. The molecule has 130 valence electrons. The van der Waals surface area contributed by atoms with E-state index in [0.717, 1.165) is 17.5 Å². The number of rotatable bonds is 5. The molecule has 25 heavy (non-hydrogen) atoms. The lowest BCUT2D eigenvalue weighted by Gasteiger charge is -2.29. The van der Waals surface area contributed by atoms with Crippen LogP contribution in [0.2, 0.25) is 0 Å². The van der Waals surface area contributed by atoms with Gasteiger partial charge >= 0.3 is 0 Å². The quantitative estimate of drug-likeness (QED) is 0.746. The lowest BCUT2D eigenvalue weighted by atomic mass is 9.85. The first-order valence-electron chi connectivity index (χ1n) is 8.52. The molecule has 0 saturated carbocycles. The third kappa shape index (κ3) is 3.78. The second-order valence-electron chi connectivity index (χ2n) is 6.88. The second-order valence-corrected chi connectivity index (χ2v) is 6.88. The number of hydrogen-bond acceptors (Lipinski definition) is 3. The first kappa shape index (κ1) is 17.3. The summed E-state index contributed by atoms with van der Waals surface area (Å²) >= 11 is 0. The summed E-state index contributed by atoms with van der Waals surface area (Å²) < 4.78 is 19.3. The van der Waals surface area contributed by atoms with E-state index < -0.39 is 0 Å². The zero-order valence-electron chi connectivity index (χ0n) is 14.8. The molecule has 4 heteroatoms. The molecule has 1 aliphatic rings. The second kappa shape index (κ2) is 6.79. The highest BCUT2D eigenvalue weighted by Gasteiger charge is 2.28. The number of fused-ring (bicyclic) bond motifs is 1. The number of halogens is 1. The molecule has 0 aromatic heterocycles. The van der Waals surface area contributed by atoms with E-state index in [1.54, 1.807) is 18.2 Å². The van der Waals surface area contributed by atoms with E-state index in [0.29, 0.717) is 23.6 Å². The van der Waals surface area contributed by atoms with Gasteiger partial charge < -0.3 is 4.74 Å². The van der Waals surface area contributed by atoms with Crippen LogP contribution in [0.15, 0.2) is 47.5 Å². The predicted molar refractivity (Wildman–Crippen MR) is 97.3 cm³/mol. The molecule has 0 saturated heterocycles. The van der Waals surface area contributed by atoms with Crippen LogP contribution in [0.5, 0.6) is 5.75 Å². The monoisotopic (exact) mass is 339 g/mol. The highest BCUT2D eigenvalue weighted by molar-refractivity contribution is 6.17. The van der Waals surface area contributed by atoms with Gasteiger partial charge in [-0.1, -0.05) is 18.2 Å². The number of para-hydroxylation sites is 1. The summed E-state index contributed by atoms with van der Waals surface area (Å²) in [4.78, 5) is 17.6. The Bertz CT molecular complexity index is 840. The summed E-state index contributed by atoms with van der Waals surface area (Å²) in [5, 5.41) is 0. The van der Waals surface area contributed by atoms with Crippen molar-refractivity contribution in [2.75, 3.05) is 6.61 Å². The summed E-state index contributed by atoms with van der Waals surface area (Å²) in [6.07, 6.45) is 0.861. The summed E-state index contributed by atoms with van der Waals surface area (Å²) in [5.41, 5.74) is 2.64. The van der Waals surface area contributed by atoms with Crippen molar-refractivity contribution < 1.29 is 13.9 Å². The van der Waals surface area contributed by atoms with Crippen LogP contribution in [0, 0.1) is 5.82 Å². The number of nitrogens with zero attached hydrogens (tertiary/aromatic N) is 1. The molecular formula is C21H22FNO2. The van der Waals surface area contributed by atoms with E-state index in [9.17, 15) is 9.18 Å². The van der Waals surface area contributed by atoms with Crippen molar-refractivity contribution in [3.05, 3.63) is 65.0 Å². The van der Waals surface area contributed by atoms with Crippen molar-refractivity contribution in [3.63, 3.8) is 0 Å². The third-order valence-corrected chi connectivity index (χ3v) is 4.26. The molecule has 0 amide bonds. The van der Waals surface area contributed by atoms with E-state index in [2.05, 4.69) is 0 Å². The van der Waals surface area contributed by atoms with Crippen molar-refractivity contribution in [3.8, 4) is 5.75 Å². The zero-order chi connectivity index (χ0) is 18.0. The van der Waals surface area contributed by atoms with Gasteiger partial charge in [0.25, 0.3) is 0 Å². The van der Waals surface area contributed by atoms with Crippen molar-refractivity contribution in [1.82, 2.24) is 0 Å². The SMILES string of the molecule is CCOc1ccccc1C(=O)CC1=NC(C)(C)Cc2ccc(F)cc21. The number of Topliss-reactive ketones (excluding diaryl/α,β-unsaturated/α-hetero) is 1. The summed E-state index contributed by atoms with van der Waals surface area (Å²) in [5.74, 6) is 0.189. The number of ketones is 1. The van der Waals surface area contributed by atoms with Gasteiger partial charge in [0, 0.05) is 5.56 Å². The molecule has 1 heterocycles. The summed E-state index contributed by atoms with van der Waals surface area (Å²) in [6.45, 7) is 6.43. The Morgan fingerprint density at radius 2 is 2.00 bits per heavy atom. The van der Waals surface area contributed by atoms with Crippen LogP contribution in [0.1, 0.15) is 48.7 Å². The molecule has 3 nitrogen and oxygen atoms in total. The fourth-order valence-corrected chi connectivity index (χ4v) is 3.26. The van der Waals surface area contributed by atoms with Crippen LogP contribution >= 0.6 is 0 Å². The fraction of sp³-hybridized carbons (Fsp3) is 0.333. The standard InChI is InChI=1S/C21H22FNO2/c1-4-25-20-8-6-5-7-16(20)19(24)12-18-17-11-15(22)10-9-14(17)13-21(2,3)23-18/h5-11H,4,12-13H2,1-3H3. The Morgan fingerprint density at radius 3 is 2.76 bits per heavy atom.